The second kappa shape index (κ2) is 3.73. The van der Waals surface area contributed by atoms with Crippen LogP contribution >= 0.6 is 0 Å². The van der Waals surface area contributed by atoms with Crippen molar-refractivity contribution in [3.05, 3.63) is 12.2 Å². The van der Waals surface area contributed by atoms with Gasteiger partial charge in [-0.3, -0.25) is 0 Å². The van der Waals surface area contributed by atoms with Gasteiger partial charge in [-0.1, -0.05) is 6.58 Å². The third-order valence-electron chi connectivity index (χ3n) is 2.91. The smallest absolute Gasteiger partial charge is 0.333 e. The van der Waals surface area contributed by atoms with Crippen LogP contribution in [-0.2, 0) is 14.3 Å². The zero-order valence-corrected chi connectivity index (χ0v) is 8.49. The summed E-state index contributed by atoms with van der Waals surface area (Å²) in [4.78, 5) is 11.1. The maximum absolute atomic E-state index is 11.1. The molecule has 14 heavy (non-hydrogen) atoms. The Labute approximate surface area is 84.1 Å². The molecule has 0 spiro atoms. The lowest BCUT2D eigenvalue weighted by Crippen LogP contribution is -2.20. The first-order valence-corrected chi connectivity index (χ1v) is 5.15. The molecule has 1 saturated carbocycles. The Bertz CT molecular complexity index is 259. The van der Waals surface area contributed by atoms with Crippen LogP contribution in [0.5, 0.6) is 0 Å². The predicted molar refractivity (Wildman–Crippen MR) is 51.8 cm³/mol. The number of carbonyl (C=O) groups is 1. The minimum absolute atomic E-state index is 0.274. The molecule has 3 nitrogen and oxygen atoms in total. The molecule has 1 aliphatic carbocycles. The third kappa shape index (κ3) is 2.15. The largest absolute Gasteiger partial charge is 0.462 e. The average molecular weight is 196 g/mol. The van der Waals surface area contributed by atoms with Crippen LogP contribution in [-0.4, -0.2) is 24.8 Å². The zero-order valence-electron chi connectivity index (χ0n) is 8.49. The van der Waals surface area contributed by atoms with Gasteiger partial charge in [-0.05, 0) is 32.1 Å². The van der Waals surface area contributed by atoms with Gasteiger partial charge >= 0.3 is 5.97 Å². The number of carbonyl (C=O) groups excluding carboxylic acids is 1. The number of epoxide rings is 1. The molecule has 0 aromatic carbocycles. The molecular weight excluding hydrogens is 180 g/mol. The maximum atomic E-state index is 11.1. The summed E-state index contributed by atoms with van der Waals surface area (Å²) < 4.78 is 10.5. The molecule has 2 aliphatic rings. The molecule has 0 aromatic heterocycles. The summed E-state index contributed by atoms with van der Waals surface area (Å²) in [5, 5.41) is 0. The van der Waals surface area contributed by atoms with E-state index in [1.807, 2.05) is 0 Å². The van der Waals surface area contributed by atoms with Crippen LogP contribution in [0.1, 0.15) is 26.2 Å². The fraction of sp³-hybridized carbons (Fsp3) is 0.727. The van der Waals surface area contributed by atoms with Crippen LogP contribution in [0.4, 0.5) is 0 Å². The van der Waals surface area contributed by atoms with Crippen LogP contribution < -0.4 is 0 Å². The molecular formula is C11H16O3. The molecule has 3 atom stereocenters. The lowest BCUT2D eigenvalue weighted by molar-refractivity contribution is -0.140. The van der Waals surface area contributed by atoms with Gasteiger partial charge in [0.05, 0.1) is 18.8 Å². The first-order valence-electron chi connectivity index (χ1n) is 5.15. The van der Waals surface area contributed by atoms with E-state index < -0.39 is 0 Å². The van der Waals surface area contributed by atoms with Gasteiger partial charge in [0.25, 0.3) is 0 Å². The summed E-state index contributed by atoms with van der Waals surface area (Å²) in [6, 6.07) is 0. The summed E-state index contributed by atoms with van der Waals surface area (Å²) in [5.41, 5.74) is 0.473. The lowest BCUT2D eigenvalue weighted by atomic mass is 9.90. The van der Waals surface area contributed by atoms with E-state index in [-0.39, 0.29) is 5.97 Å². The first-order chi connectivity index (χ1) is 6.66. The summed E-state index contributed by atoms with van der Waals surface area (Å²) >= 11 is 0. The number of fused-ring (bicyclic) bond motifs is 1. The van der Waals surface area contributed by atoms with Crippen molar-refractivity contribution >= 4 is 5.97 Å². The molecule has 2 fully saturated rings. The van der Waals surface area contributed by atoms with Crippen molar-refractivity contribution in [2.75, 3.05) is 6.61 Å². The second-order valence-electron chi connectivity index (χ2n) is 4.27. The van der Waals surface area contributed by atoms with Crippen molar-refractivity contribution in [3.63, 3.8) is 0 Å². The van der Waals surface area contributed by atoms with E-state index in [2.05, 4.69) is 6.58 Å². The van der Waals surface area contributed by atoms with Crippen molar-refractivity contribution in [1.29, 1.82) is 0 Å². The van der Waals surface area contributed by atoms with Crippen LogP contribution in [0.2, 0.25) is 0 Å². The van der Waals surface area contributed by atoms with Crippen LogP contribution in [0.15, 0.2) is 12.2 Å². The van der Waals surface area contributed by atoms with Gasteiger partial charge in [0.1, 0.15) is 0 Å². The standard InChI is InChI=1S/C11H16O3/c1-7(2)11(12)13-6-8-3-4-9-10(5-8)14-9/h8-10H,1,3-6H2,2H3/t8-,9-,10+/m1/s1. The number of ether oxygens (including phenoxy) is 2. The Balaban J connectivity index is 1.70. The second-order valence-corrected chi connectivity index (χ2v) is 4.27. The Morgan fingerprint density at radius 3 is 2.93 bits per heavy atom. The van der Waals surface area contributed by atoms with Crippen molar-refractivity contribution in [3.8, 4) is 0 Å². The Hall–Kier alpha value is -0.830. The summed E-state index contributed by atoms with van der Waals surface area (Å²) in [7, 11) is 0. The molecule has 2 rings (SSSR count). The van der Waals surface area contributed by atoms with Crippen molar-refractivity contribution < 1.29 is 14.3 Å². The molecule has 0 bridgehead atoms. The van der Waals surface area contributed by atoms with E-state index in [1.165, 1.54) is 0 Å². The van der Waals surface area contributed by atoms with E-state index in [1.54, 1.807) is 6.92 Å². The lowest BCUT2D eigenvalue weighted by Gasteiger charge is -2.18. The van der Waals surface area contributed by atoms with Crippen molar-refractivity contribution in [2.24, 2.45) is 5.92 Å². The summed E-state index contributed by atoms with van der Waals surface area (Å²) in [6.45, 7) is 5.74. The van der Waals surface area contributed by atoms with Gasteiger partial charge < -0.3 is 9.47 Å². The SMILES string of the molecule is C=C(C)C(=O)OC[C@@H]1CC[C@H]2O[C@H]2C1. The number of rotatable bonds is 3. The highest BCUT2D eigenvalue weighted by Crippen LogP contribution is 2.39. The summed E-state index contributed by atoms with van der Waals surface area (Å²) in [6.07, 6.45) is 4.26. The molecule has 3 heteroatoms. The Morgan fingerprint density at radius 1 is 1.50 bits per heavy atom. The average Bonchev–Trinajstić information content (AvgIpc) is 2.91. The third-order valence-corrected chi connectivity index (χ3v) is 2.91. The maximum Gasteiger partial charge on any atom is 0.333 e. The Morgan fingerprint density at radius 2 is 2.29 bits per heavy atom. The first kappa shape index (κ1) is 9.71. The van der Waals surface area contributed by atoms with Crippen molar-refractivity contribution in [2.45, 2.75) is 38.4 Å². The Kier molecular flexibility index (Phi) is 2.59. The minimum Gasteiger partial charge on any atom is -0.462 e. The molecule has 1 heterocycles. The van der Waals surface area contributed by atoms with E-state index in [0.29, 0.717) is 30.3 Å². The number of hydrogen-bond donors (Lipinski definition) is 0. The number of esters is 1. The molecule has 78 valence electrons. The van der Waals surface area contributed by atoms with Gasteiger partial charge in [-0.2, -0.15) is 0 Å². The monoisotopic (exact) mass is 196 g/mol. The quantitative estimate of drug-likeness (QED) is 0.391. The normalized spacial score (nSPS) is 34.5. The minimum atomic E-state index is -0.274. The topological polar surface area (TPSA) is 38.8 Å². The highest BCUT2D eigenvalue weighted by atomic mass is 16.6. The highest BCUT2D eigenvalue weighted by molar-refractivity contribution is 5.86. The molecule has 0 radical (unpaired) electrons. The number of hydrogen-bond acceptors (Lipinski definition) is 3. The van der Waals surface area contributed by atoms with Crippen molar-refractivity contribution in [1.82, 2.24) is 0 Å². The summed E-state index contributed by atoms with van der Waals surface area (Å²) in [5.74, 6) is 0.214. The fourth-order valence-electron chi connectivity index (χ4n) is 1.95. The van der Waals surface area contributed by atoms with E-state index in [9.17, 15) is 4.79 Å². The van der Waals surface area contributed by atoms with Crippen LogP contribution in [0, 0.1) is 5.92 Å². The van der Waals surface area contributed by atoms with Crippen LogP contribution in [0.25, 0.3) is 0 Å². The van der Waals surface area contributed by atoms with Gasteiger partial charge in [-0.15, -0.1) is 0 Å². The van der Waals surface area contributed by atoms with Gasteiger partial charge in [0.2, 0.25) is 0 Å². The molecule has 1 saturated heterocycles. The molecule has 0 N–H and O–H groups in total. The van der Waals surface area contributed by atoms with Gasteiger partial charge in [0.15, 0.2) is 0 Å². The van der Waals surface area contributed by atoms with Gasteiger partial charge in [-0.25, -0.2) is 4.79 Å². The van der Waals surface area contributed by atoms with Crippen LogP contribution in [0.3, 0.4) is 0 Å². The van der Waals surface area contributed by atoms with E-state index >= 15 is 0 Å². The van der Waals surface area contributed by atoms with Gasteiger partial charge in [0, 0.05) is 5.57 Å². The fourth-order valence-corrected chi connectivity index (χ4v) is 1.95. The molecule has 0 unspecified atom stereocenters. The molecule has 1 aliphatic heterocycles. The zero-order chi connectivity index (χ0) is 10.1. The predicted octanol–water partition coefficient (Wildman–Crippen LogP) is 1.67. The molecule has 0 aromatic rings. The van der Waals surface area contributed by atoms with E-state index in [0.717, 1.165) is 19.3 Å². The molecule has 0 amide bonds. The van der Waals surface area contributed by atoms with E-state index in [4.69, 9.17) is 9.47 Å². The highest BCUT2D eigenvalue weighted by Gasteiger charge is 2.43.